The zero-order chi connectivity index (χ0) is 6.73. The highest BCUT2D eigenvalue weighted by Crippen LogP contribution is 2.04. The molecule has 0 aromatic heterocycles. The van der Waals surface area contributed by atoms with Gasteiger partial charge in [-0.3, -0.25) is 0 Å². The van der Waals surface area contributed by atoms with Crippen LogP contribution in [0.2, 0.25) is 0 Å². The molecule has 0 saturated carbocycles. The molecule has 50 valence electrons. The lowest BCUT2D eigenvalue weighted by atomic mass is 10.3. The molecule has 0 aliphatic heterocycles. The topological polar surface area (TPSA) is 52.0 Å². The van der Waals surface area contributed by atoms with E-state index < -0.39 is 18.8 Å². The molecule has 0 aromatic rings. The summed E-state index contributed by atoms with van der Waals surface area (Å²) < 4.78 is 33.9. The van der Waals surface area contributed by atoms with Crippen LogP contribution in [0.15, 0.2) is 0 Å². The minimum atomic E-state index is -3.07. The molecule has 8 heavy (non-hydrogen) atoms. The molecule has 0 rings (SSSR count). The number of halogens is 3. The summed E-state index contributed by atoms with van der Waals surface area (Å²) in [6.07, 6.45) is -7.06. The molecule has 2 nitrogen and oxygen atoms in total. The monoisotopic (exact) mass is 128 g/mol. The zero-order valence-corrected chi connectivity index (χ0v) is 4.02. The van der Waals surface area contributed by atoms with Crippen LogP contribution in [0, 0.1) is 0 Å². The molecule has 0 aliphatic rings. The van der Waals surface area contributed by atoms with Crippen LogP contribution in [0.1, 0.15) is 0 Å². The highest BCUT2D eigenvalue weighted by molar-refractivity contribution is 4.66. The van der Waals surface area contributed by atoms with Gasteiger partial charge in [-0.25, -0.2) is 13.2 Å². The van der Waals surface area contributed by atoms with Gasteiger partial charge in [0.2, 0.25) is 0 Å². The van der Waals surface area contributed by atoms with Crippen molar-refractivity contribution < 1.29 is 13.2 Å². The largest absolute Gasteiger partial charge is 0.313 e. The van der Waals surface area contributed by atoms with Crippen molar-refractivity contribution in [3.8, 4) is 0 Å². The third-order valence-corrected chi connectivity index (χ3v) is 0.608. The van der Waals surface area contributed by atoms with Crippen molar-refractivity contribution in [2.45, 2.75) is 18.8 Å². The highest BCUT2D eigenvalue weighted by atomic mass is 19.3. The molecule has 4 N–H and O–H groups in total. The molecular formula is C3H7F3N2. The fourth-order valence-electron chi connectivity index (χ4n) is 0.168. The Bertz CT molecular complexity index is 57.5. The third kappa shape index (κ3) is 2.13. The number of hydrogen-bond acceptors (Lipinski definition) is 2. The first-order valence-corrected chi connectivity index (χ1v) is 1.99. The molecule has 0 fully saturated rings. The van der Waals surface area contributed by atoms with E-state index in [1.54, 1.807) is 0 Å². The van der Waals surface area contributed by atoms with Gasteiger partial charge in [0.25, 0.3) is 6.43 Å². The van der Waals surface area contributed by atoms with E-state index in [0.29, 0.717) is 0 Å². The second-order valence-corrected chi connectivity index (χ2v) is 1.36. The van der Waals surface area contributed by atoms with Crippen LogP contribution in [0.25, 0.3) is 0 Å². The van der Waals surface area contributed by atoms with Crippen molar-refractivity contribution in [2.24, 2.45) is 11.5 Å². The smallest absolute Gasteiger partial charge is 0.272 e. The van der Waals surface area contributed by atoms with E-state index in [4.69, 9.17) is 0 Å². The van der Waals surface area contributed by atoms with Gasteiger partial charge in [-0.2, -0.15) is 0 Å². The summed E-state index contributed by atoms with van der Waals surface area (Å²) in [5.41, 5.74) is 9.12. The average Bonchev–Trinajstić information content (AvgIpc) is 1.64. The lowest BCUT2D eigenvalue weighted by molar-refractivity contribution is 0.0369. The highest BCUT2D eigenvalue weighted by Gasteiger charge is 2.23. The Morgan fingerprint density at radius 2 is 1.38 bits per heavy atom. The standard InChI is InChI=1S/C3H7F3N2/c4-1(2(5)6)3(7)8/h1-3H,7-8H2. The van der Waals surface area contributed by atoms with Crippen LogP contribution in [-0.2, 0) is 0 Å². The van der Waals surface area contributed by atoms with E-state index in [1.165, 1.54) is 0 Å². The summed E-state index contributed by atoms with van der Waals surface area (Å²) in [6.45, 7) is 0. The molecule has 1 atom stereocenters. The molecule has 0 amide bonds. The van der Waals surface area contributed by atoms with Crippen molar-refractivity contribution in [3.05, 3.63) is 0 Å². The maximum absolute atomic E-state index is 11.6. The van der Waals surface area contributed by atoms with E-state index in [-0.39, 0.29) is 0 Å². The Labute approximate surface area is 44.6 Å². The number of alkyl halides is 3. The minimum absolute atomic E-state index is 1.57. The van der Waals surface area contributed by atoms with E-state index in [9.17, 15) is 13.2 Å². The van der Waals surface area contributed by atoms with Gasteiger partial charge in [-0.05, 0) is 0 Å². The molecule has 0 aliphatic carbocycles. The number of rotatable bonds is 2. The first-order valence-electron chi connectivity index (χ1n) is 1.99. The van der Waals surface area contributed by atoms with E-state index in [1.807, 2.05) is 0 Å². The summed E-state index contributed by atoms with van der Waals surface area (Å²) in [5, 5.41) is 0. The molecule has 0 bridgehead atoms. The van der Waals surface area contributed by atoms with Crippen LogP contribution < -0.4 is 11.5 Å². The first-order chi connectivity index (χ1) is 3.55. The molecule has 5 heteroatoms. The third-order valence-electron chi connectivity index (χ3n) is 0.608. The van der Waals surface area contributed by atoms with Gasteiger partial charge in [0.1, 0.15) is 0 Å². The Morgan fingerprint density at radius 3 is 1.38 bits per heavy atom. The number of hydrogen-bond donors (Lipinski definition) is 2. The molecule has 0 saturated heterocycles. The lowest BCUT2D eigenvalue weighted by Crippen LogP contribution is -2.43. The Hall–Kier alpha value is -0.290. The Morgan fingerprint density at radius 1 is 1.00 bits per heavy atom. The summed E-state index contributed by atoms with van der Waals surface area (Å²) in [6, 6.07) is 0. The minimum Gasteiger partial charge on any atom is -0.313 e. The van der Waals surface area contributed by atoms with Crippen LogP contribution in [-0.4, -0.2) is 18.8 Å². The van der Waals surface area contributed by atoms with Crippen molar-refractivity contribution in [1.29, 1.82) is 0 Å². The summed E-state index contributed by atoms with van der Waals surface area (Å²) in [7, 11) is 0. The van der Waals surface area contributed by atoms with Gasteiger partial charge in [0.05, 0.1) is 6.17 Å². The van der Waals surface area contributed by atoms with Crippen LogP contribution in [0.5, 0.6) is 0 Å². The van der Waals surface area contributed by atoms with Crippen molar-refractivity contribution in [2.75, 3.05) is 0 Å². The molecule has 0 aromatic carbocycles. The maximum Gasteiger partial charge on any atom is 0.272 e. The Balaban J connectivity index is 3.46. The molecular weight excluding hydrogens is 121 g/mol. The zero-order valence-electron chi connectivity index (χ0n) is 4.02. The Kier molecular flexibility index (Phi) is 2.78. The maximum atomic E-state index is 11.6. The normalized spacial score (nSPS) is 15.4. The quantitative estimate of drug-likeness (QED) is 0.507. The van der Waals surface area contributed by atoms with Gasteiger partial charge >= 0.3 is 0 Å². The van der Waals surface area contributed by atoms with Gasteiger partial charge in [-0.1, -0.05) is 0 Å². The fraction of sp³-hybridized carbons (Fsp3) is 1.00. The average molecular weight is 128 g/mol. The number of nitrogens with two attached hydrogens (primary N) is 2. The fourth-order valence-corrected chi connectivity index (χ4v) is 0.168. The van der Waals surface area contributed by atoms with Crippen LogP contribution in [0.3, 0.4) is 0 Å². The predicted octanol–water partition coefficient (Wildman–Crippen LogP) is -0.167. The van der Waals surface area contributed by atoms with E-state index >= 15 is 0 Å². The van der Waals surface area contributed by atoms with Crippen LogP contribution >= 0.6 is 0 Å². The second-order valence-electron chi connectivity index (χ2n) is 1.36. The van der Waals surface area contributed by atoms with E-state index in [2.05, 4.69) is 11.5 Å². The predicted molar refractivity (Wildman–Crippen MR) is 23.1 cm³/mol. The summed E-state index contributed by atoms with van der Waals surface area (Å²) in [5.74, 6) is 0. The summed E-state index contributed by atoms with van der Waals surface area (Å²) >= 11 is 0. The molecule has 0 spiro atoms. The SMILES string of the molecule is NC(N)C(F)C(F)F. The van der Waals surface area contributed by atoms with Crippen molar-refractivity contribution >= 4 is 0 Å². The van der Waals surface area contributed by atoms with Gasteiger partial charge in [-0.15, -0.1) is 0 Å². The van der Waals surface area contributed by atoms with Gasteiger partial charge in [0.15, 0.2) is 6.17 Å². The molecule has 1 unspecified atom stereocenters. The van der Waals surface area contributed by atoms with Crippen molar-refractivity contribution in [1.82, 2.24) is 0 Å². The van der Waals surface area contributed by atoms with Gasteiger partial charge < -0.3 is 11.5 Å². The molecule has 0 heterocycles. The van der Waals surface area contributed by atoms with Crippen LogP contribution in [0.4, 0.5) is 13.2 Å². The second kappa shape index (κ2) is 2.88. The lowest BCUT2D eigenvalue weighted by Gasteiger charge is -2.08. The molecule has 0 radical (unpaired) electrons. The summed E-state index contributed by atoms with van der Waals surface area (Å²) in [4.78, 5) is 0. The van der Waals surface area contributed by atoms with E-state index in [0.717, 1.165) is 0 Å². The first kappa shape index (κ1) is 7.71. The van der Waals surface area contributed by atoms with Crippen molar-refractivity contribution in [3.63, 3.8) is 0 Å². The van der Waals surface area contributed by atoms with Gasteiger partial charge in [0, 0.05) is 0 Å².